The molecule has 0 amide bonds. The largest absolute Gasteiger partial charge is 0.387 e. The standard InChI is InChI=1S/C8H14F2O/c9-8(10)6-4-2-1-3-5-7(8)11/h7,11H,1-6H2. The Morgan fingerprint density at radius 3 is 2.45 bits per heavy atom. The highest BCUT2D eigenvalue weighted by molar-refractivity contribution is 4.78. The average molecular weight is 164 g/mol. The van der Waals surface area contributed by atoms with Gasteiger partial charge in [0.15, 0.2) is 0 Å². The van der Waals surface area contributed by atoms with E-state index in [1.54, 1.807) is 0 Å². The molecular formula is C8H14F2O. The Bertz CT molecular complexity index is 125. The second kappa shape index (κ2) is 3.48. The molecule has 0 aromatic carbocycles. The summed E-state index contributed by atoms with van der Waals surface area (Å²) in [5.41, 5.74) is 0. The first kappa shape index (κ1) is 8.91. The van der Waals surface area contributed by atoms with Gasteiger partial charge in [0.2, 0.25) is 0 Å². The summed E-state index contributed by atoms with van der Waals surface area (Å²) >= 11 is 0. The summed E-state index contributed by atoms with van der Waals surface area (Å²) in [6, 6.07) is 0. The van der Waals surface area contributed by atoms with Crippen LogP contribution in [0.15, 0.2) is 0 Å². The molecule has 1 N–H and O–H groups in total. The van der Waals surface area contributed by atoms with Crippen molar-refractivity contribution in [1.82, 2.24) is 0 Å². The van der Waals surface area contributed by atoms with Crippen LogP contribution in [0.3, 0.4) is 0 Å². The van der Waals surface area contributed by atoms with Crippen LogP contribution in [0.25, 0.3) is 0 Å². The minimum absolute atomic E-state index is 0.145. The smallest absolute Gasteiger partial charge is 0.273 e. The quantitative estimate of drug-likeness (QED) is 0.582. The Morgan fingerprint density at radius 1 is 1.09 bits per heavy atom. The number of alkyl halides is 2. The highest BCUT2D eigenvalue weighted by atomic mass is 19.3. The van der Waals surface area contributed by atoms with Gasteiger partial charge in [-0.1, -0.05) is 19.3 Å². The fourth-order valence-corrected chi connectivity index (χ4v) is 1.43. The lowest BCUT2D eigenvalue weighted by Crippen LogP contribution is -2.34. The van der Waals surface area contributed by atoms with Crippen molar-refractivity contribution in [3.05, 3.63) is 0 Å². The van der Waals surface area contributed by atoms with Crippen molar-refractivity contribution in [2.45, 2.75) is 50.6 Å². The molecule has 1 atom stereocenters. The highest BCUT2D eigenvalue weighted by Gasteiger charge is 2.37. The molecule has 1 saturated carbocycles. The predicted molar refractivity (Wildman–Crippen MR) is 38.7 cm³/mol. The fraction of sp³-hybridized carbons (Fsp3) is 1.00. The molecule has 1 aliphatic rings. The topological polar surface area (TPSA) is 20.2 Å². The van der Waals surface area contributed by atoms with Gasteiger partial charge in [-0.3, -0.25) is 0 Å². The van der Waals surface area contributed by atoms with Crippen LogP contribution in [0.2, 0.25) is 0 Å². The van der Waals surface area contributed by atoms with Crippen molar-refractivity contribution in [3.63, 3.8) is 0 Å². The monoisotopic (exact) mass is 164 g/mol. The first-order valence-electron chi connectivity index (χ1n) is 4.19. The molecule has 0 bridgehead atoms. The van der Waals surface area contributed by atoms with Gasteiger partial charge < -0.3 is 5.11 Å². The SMILES string of the molecule is OC1CCCCCCC1(F)F. The van der Waals surface area contributed by atoms with E-state index in [2.05, 4.69) is 0 Å². The molecule has 1 unspecified atom stereocenters. The zero-order chi connectivity index (χ0) is 8.32. The lowest BCUT2D eigenvalue weighted by Gasteiger charge is -2.24. The van der Waals surface area contributed by atoms with E-state index in [9.17, 15) is 8.78 Å². The van der Waals surface area contributed by atoms with E-state index < -0.39 is 12.0 Å². The van der Waals surface area contributed by atoms with E-state index in [1.165, 1.54) is 0 Å². The third kappa shape index (κ3) is 2.40. The summed E-state index contributed by atoms with van der Waals surface area (Å²) in [4.78, 5) is 0. The first-order chi connectivity index (χ1) is 5.13. The van der Waals surface area contributed by atoms with Crippen LogP contribution in [0.4, 0.5) is 8.78 Å². The van der Waals surface area contributed by atoms with Gasteiger partial charge >= 0.3 is 0 Å². The lowest BCUT2D eigenvalue weighted by atomic mass is 9.95. The molecule has 0 aliphatic heterocycles. The third-order valence-electron chi connectivity index (χ3n) is 2.23. The van der Waals surface area contributed by atoms with E-state index >= 15 is 0 Å². The zero-order valence-corrected chi connectivity index (χ0v) is 6.52. The van der Waals surface area contributed by atoms with Gasteiger partial charge in [-0.2, -0.15) is 0 Å². The molecule has 0 aromatic heterocycles. The van der Waals surface area contributed by atoms with Gasteiger partial charge in [0.25, 0.3) is 5.92 Å². The van der Waals surface area contributed by atoms with Crippen molar-refractivity contribution >= 4 is 0 Å². The number of hydrogen-bond acceptors (Lipinski definition) is 1. The summed E-state index contributed by atoms with van der Waals surface area (Å²) in [6.07, 6.45) is 1.85. The fourth-order valence-electron chi connectivity index (χ4n) is 1.43. The average Bonchev–Trinajstić information content (AvgIpc) is 1.93. The summed E-state index contributed by atoms with van der Waals surface area (Å²) < 4.78 is 25.6. The van der Waals surface area contributed by atoms with Crippen molar-refractivity contribution in [3.8, 4) is 0 Å². The molecule has 0 radical (unpaired) electrons. The number of halogens is 2. The number of aliphatic hydroxyl groups is 1. The van der Waals surface area contributed by atoms with Crippen molar-refractivity contribution in [2.24, 2.45) is 0 Å². The maximum absolute atomic E-state index is 12.8. The molecule has 1 nitrogen and oxygen atoms in total. The Balaban J connectivity index is 2.47. The molecular weight excluding hydrogens is 150 g/mol. The Hall–Kier alpha value is -0.180. The minimum atomic E-state index is -2.83. The first-order valence-corrected chi connectivity index (χ1v) is 4.19. The number of hydrogen-bond donors (Lipinski definition) is 1. The van der Waals surface area contributed by atoms with Crippen LogP contribution in [-0.2, 0) is 0 Å². The Labute approximate surface area is 65.4 Å². The van der Waals surface area contributed by atoms with E-state index in [4.69, 9.17) is 5.11 Å². The molecule has 3 heteroatoms. The molecule has 66 valence electrons. The normalized spacial score (nSPS) is 32.5. The molecule has 1 rings (SSSR count). The van der Waals surface area contributed by atoms with Gasteiger partial charge in [-0.15, -0.1) is 0 Å². The lowest BCUT2D eigenvalue weighted by molar-refractivity contribution is -0.120. The van der Waals surface area contributed by atoms with Crippen LogP contribution in [0.5, 0.6) is 0 Å². The summed E-state index contributed by atoms with van der Waals surface area (Å²) in [6.45, 7) is 0. The minimum Gasteiger partial charge on any atom is -0.387 e. The van der Waals surface area contributed by atoms with Crippen molar-refractivity contribution in [2.75, 3.05) is 0 Å². The molecule has 0 spiro atoms. The van der Waals surface area contributed by atoms with Gasteiger partial charge in [0.1, 0.15) is 6.10 Å². The second-order valence-electron chi connectivity index (χ2n) is 3.23. The van der Waals surface area contributed by atoms with E-state index in [-0.39, 0.29) is 12.8 Å². The Kier molecular flexibility index (Phi) is 2.82. The molecule has 0 saturated heterocycles. The maximum Gasteiger partial charge on any atom is 0.273 e. The van der Waals surface area contributed by atoms with Crippen LogP contribution in [0.1, 0.15) is 38.5 Å². The van der Waals surface area contributed by atoms with Gasteiger partial charge in [0.05, 0.1) is 0 Å². The van der Waals surface area contributed by atoms with Crippen molar-refractivity contribution < 1.29 is 13.9 Å². The van der Waals surface area contributed by atoms with Gasteiger partial charge in [0, 0.05) is 6.42 Å². The van der Waals surface area contributed by atoms with Gasteiger partial charge in [-0.05, 0) is 12.8 Å². The summed E-state index contributed by atoms with van der Waals surface area (Å²) in [5.74, 6) is -2.83. The molecule has 0 heterocycles. The zero-order valence-electron chi connectivity index (χ0n) is 6.52. The summed E-state index contributed by atoms with van der Waals surface area (Å²) in [7, 11) is 0. The van der Waals surface area contributed by atoms with Crippen LogP contribution in [-0.4, -0.2) is 17.1 Å². The van der Waals surface area contributed by atoms with E-state index in [0.29, 0.717) is 6.42 Å². The predicted octanol–water partition coefficient (Wildman–Crippen LogP) is 2.34. The molecule has 11 heavy (non-hydrogen) atoms. The van der Waals surface area contributed by atoms with Crippen molar-refractivity contribution in [1.29, 1.82) is 0 Å². The van der Waals surface area contributed by atoms with Gasteiger partial charge in [-0.25, -0.2) is 8.78 Å². The summed E-state index contributed by atoms with van der Waals surface area (Å²) in [5, 5.41) is 8.99. The molecule has 1 fully saturated rings. The maximum atomic E-state index is 12.8. The second-order valence-corrected chi connectivity index (χ2v) is 3.23. The van der Waals surface area contributed by atoms with E-state index in [0.717, 1.165) is 19.3 Å². The van der Waals surface area contributed by atoms with Crippen LogP contribution >= 0.6 is 0 Å². The van der Waals surface area contributed by atoms with E-state index in [1.807, 2.05) is 0 Å². The van der Waals surface area contributed by atoms with Crippen LogP contribution < -0.4 is 0 Å². The number of rotatable bonds is 0. The Morgan fingerprint density at radius 2 is 1.73 bits per heavy atom. The highest BCUT2D eigenvalue weighted by Crippen LogP contribution is 2.31. The third-order valence-corrected chi connectivity index (χ3v) is 2.23. The molecule has 0 aromatic rings. The van der Waals surface area contributed by atoms with Crippen LogP contribution in [0, 0.1) is 0 Å². The molecule has 1 aliphatic carbocycles. The number of aliphatic hydroxyl groups excluding tert-OH is 1.